The van der Waals surface area contributed by atoms with Gasteiger partial charge in [0.05, 0.1) is 16.7 Å². The molecule has 2 aromatic carbocycles. The van der Waals surface area contributed by atoms with Crippen molar-refractivity contribution in [1.29, 1.82) is 5.41 Å². The second-order valence-corrected chi connectivity index (χ2v) is 4.95. The lowest BCUT2D eigenvalue weighted by Gasteiger charge is -2.03. The lowest BCUT2D eigenvalue weighted by molar-refractivity contribution is 0.0697. The van der Waals surface area contributed by atoms with Crippen LogP contribution < -0.4 is 5.73 Å². The highest BCUT2D eigenvalue weighted by molar-refractivity contribution is 6.30. The highest BCUT2D eigenvalue weighted by atomic mass is 35.5. The number of halogens is 1. The summed E-state index contributed by atoms with van der Waals surface area (Å²) in [6, 6.07) is 8.64. The van der Waals surface area contributed by atoms with Crippen molar-refractivity contribution in [3.05, 3.63) is 58.1 Å². The summed E-state index contributed by atoms with van der Waals surface area (Å²) in [5.41, 5.74) is 6.13. The number of rotatable bonds is 1. The van der Waals surface area contributed by atoms with E-state index in [1.165, 1.54) is 24.3 Å². The smallest absolute Gasteiger partial charge is 0.335 e. The molecule has 0 fully saturated rings. The third kappa shape index (κ3) is 3.41. The predicted octanol–water partition coefficient (Wildman–Crippen LogP) is 2.18. The third-order valence-electron chi connectivity index (χ3n) is 2.98. The Morgan fingerprint density at radius 1 is 1.04 bits per heavy atom. The molecule has 0 amide bonds. The Kier molecular flexibility index (Phi) is 4.52. The molecule has 23 heavy (non-hydrogen) atoms. The Hall–Kier alpha value is -3.06. The van der Waals surface area contributed by atoms with Gasteiger partial charge in [-0.05, 0) is 36.4 Å². The van der Waals surface area contributed by atoms with Crippen LogP contribution >= 0.6 is 11.6 Å². The fourth-order valence-electron chi connectivity index (χ4n) is 1.90. The van der Waals surface area contributed by atoms with Crippen molar-refractivity contribution in [1.82, 2.24) is 0 Å². The van der Waals surface area contributed by atoms with Crippen LogP contribution in [0.25, 0.3) is 0 Å². The van der Waals surface area contributed by atoms with Gasteiger partial charge in [0.1, 0.15) is 17.3 Å². The maximum Gasteiger partial charge on any atom is 0.335 e. The summed E-state index contributed by atoms with van der Waals surface area (Å²) < 4.78 is 0. The molecule has 1 heterocycles. The van der Waals surface area contributed by atoms with Crippen LogP contribution in [-0.4, -0.2) is 33.0 Å². The first-order valence-corrected chi connectivity index (χ1v) is 6.66. The molecule has 3 rings (SSSR count). The molecule has 118 valence electrons. The monoisotopic (exact) mass is 333 g/mol. The number of carboxylic acid groups (broad SMARTS) is 1. The zero-order valence-corrected chi connectivity index (χ0v) is 12.4. The minimum absolute atomic E-state index is 0.0633. The third-order valence-corrected chi connectivity index (χ3v) is 3.23. The van der Waals surface area contributed by atoms with Gasteiger partial charge in [0.2, 0.25) is 0 Å². The van der Waals surface area contributed by atoms with Gasteiger partial charge in [-0.25, -0.2) is 9.79 Å². The number of fused-ring (bicyclic) bond motifs is 1. The predicted molar refractivity (Wildman–Crippen MR) is 85.7 cm³/mol. The molecule has 0 radical (unpaired) electrons. The Labute approximate surface area is 135 Å². The topological polar surface area (TPSA) is 140 Å². The molecule has 7 nitrogen and oxygen atoms in total. The van der Waals surface area contributed by atoms with Gasteiger partial charge in [0.15, 0.2) is 5.84 Å². The fraction of sp³-hybridized carbons (Fsp3) is 0. The van der Waals surface area contributed by atoms with Crippen LogP contribution in [0.5, 0.6) is 11.5 Å². The lowest BCUT2D eigenvalue weighted by Crippen LogP contribution is -2.10. The zero-order valence-electron chi connectivity index (χ0n) is 11.6. The molecule has 0 saturated heterocycles. The number of hydrogen-bond donors (Lipinski definition) is 5. The summed E-state index contributed by atoms with van der Waals surface area (Å²) in [6.45, 7) is 0. The number of benzene rings is 2. The fourth-order valence-corrected chi connectivity index (χ4v) is 2.03. The Balaban J connectivity index is 0.000000174. The minimum Gasteiger partial charge on any atom is -0.507 e. The van der Waals surface area contributed by atoms with Gasteiger partial charge in [0.25, 0.3) is 0 Å². The highest BCUT2D eigenvalue weighted by Crippen LogP contribution is 2.32. The van der Waals surface area contributed by atoms with Crippen LogP contribution in [0, 0.1) is 5.41 Å². The van der Waals surface area contributed by atoms with Crippen LogP contribution in [0.15, 0.2) is 41.4 Å². The molecule has 0 atom stereocenters. The van der Waals surface area contributed by atoms with Gasteiger partial charge in [-0.15, -0.1) is 0 Å². The molecular weight excluding hydrogens is 322 g/mol. The first-order chi connectivity index (χ1) is 10.8. The van der Waals surface area contributed by atoms with E-state index in [9.17, 15) is 15.0 Å². The van der Waals surface area contributed by atoms with E-state index in [1.54, 1.807) is 12.1 Å². The normalized spacial score (nSPS) is 12.0. The Morgan fingerprint density at radius 3 is 2.04 bits per heavy atom. The van der Waals surface area contributed by atoms with Gasteiger partial charge >= 0.3 is 5.97 Å². The highest BCUT2D eigenvalue weighted by Gasteiger charge is 2.25. The molecule has 0 spiro atoms. The standard InChI is InChI=1S/C8H7N3O2.C7H5ClO2/c9-7-5-3(12)1-2-4(13)6(5)8(10)11-7;8-6-3-1-5(2-4-6)7(9)10/h1-2,12-13H,(H3,9,10,11);1-4H,(H,9,10). The van der Waals surface area contributed by atoms with E-state index in [0.717, 1.165) is 0 Å². The van der Waals surface area contributed by atoms with Crippen molar-refractivity contribution in [2.24, 2.45) is 10.7 Å². The van der Waals surface area contributed by atoms with Crippen LogP contribution in [-0.2, 0) is 0 Å². The second kappa shape index (κ2) is 6.37. The number of nitrogens with one attached hydrogen (secondary N) is 1. The SMILES string of the molecule is N=C1N=C(N)c2c(O)ccc(O)c21.O=C(O)c1ccc(Cl)cc1. The maximum absolute atomic E-state index is 10.3. The van der Waals surface area contributed by atoms with Crippen molar-refractivity contribution in [2.45, 2.75) is 0 Å². The van der Waals surface area contributed by atoms with E-state index in [0.29, 0.717) is 5.02 Å². The van der Waals surface area contributed by atoms with E-state index in [-0.39, 0.29) is 39.9 Å². The summed E-state index contributed by atoms with van der Waals surface area (Å²) >= 11 is 5.52. The quantitative estimate of drug-likeness (QED) is 0.509. The molecule has 6 N–H and O–H groups in total. The number of nitrogens with two attached hydrogens (primary N) is 1. The summed E-state index contributed by atoms with van der Waals surface area (Å²) in [7, 11) is 0. The number of aromatic hydroxyl groups is 2. The zero-order chi connectivity index (χ0) is 17.1. The van der Waals surface area contributed by atoms with Crippen LogP contribution in [0.2, 0.25) is 5.02 Å². The second-order valence-electron chi connectivity index (χ2n) is 4.51. The van der Waals surface area contributed by atoms with Crippen molar-refractivity contribution < 1.29 is 20.1 Å². The molecular formula is C15H12ClN3O4. The minimum atomic E-state index is -0.934. The molecule has 0 aliphatic carbocycles. The number of carboxylic acids is 1. The molecule has 0 saturated carbocycles. The number of aromatic carboxylic acids is 1. The number of phenols is 2. The van der Waals surface area contributed by atoms with E-state index < -0.39 is 5.97 Å². The summed E-state index contributed by atoms with van der Waals surface area (Å²) in [5, 5.41) is 35.1. The largest absolute Gasteiger partial charge is 0.507 e. The number of aliphatic imine (C=N–C) groups is 1. The van der Waals surface area contributed by atoms with Crippen LogP contribution in [0.3, 0.4) is 0 Å². The van der Waals surface area contributed by atoms with Gasteiger partial charge in [-0.1, -0.05) is 11.6 Å². The van der Waals surface area contributed by atoms with Gasteiger partial charge in [0, 0.05) is 5.02 Å². The molecule has 0 aromatic heterocycles. The Bertz CT molecular complexity index is 816. The number of nitrogens with zero attached hydrogens (tertiary/aromatic N) is 1. The number of hydrogen-bond acceptors (Lipinski definition) is 5. The first-order valence-electron chi connectivity index (χ1n) is 6.28. The number of amidine groups is 2. The Morgan fingerprint density at radius 2 is 1.57 bits per heavy atom. The summed E-state index contributed by atoms with van der Waals surface area (Å²) in [5.74, 6) is -1.16. The van der Waals surface area contributed by atoms with Gasteiger partial charge < -0.3 is 21.1 Å². The van der Waals surface area contributed by atoms with Crippen LogP contribution in [0.4, 0.5) is 0 Å². The first kappa shape index (κ1) is 16.3. The molecule has 0 bridgehead atoms. The molecule has 2 aromatic rings. The molecule has 1 aliphatic rings. The van der Waals surface area contributed by atoms with Crippen molar-refractivity contribution >= 4 is 29.2 Å². The lowest BCUT2D eigenvalue weighted by atomic mass is 10.1. The number of phenolic OH excluding ortho intramolecular Hbond substituents is 2. The summed E-state index contributed by atoms with van der Waals surface area (Å²) in [6.07, 6.45) is 0. The number of carbonyl (C=O) groups is 1. The average molecular weight is 334 g/mol. The van der Waals surface area contributed by atoms with E-state index >= 15 is 0 Å². The van der Waals surface area contributed by atoms with Gasteiger partial charge in [-0.2, -0.15) is 0 Å². The van der Waals surface area contributed by atoms with Crippen molar-refractivity contribution in [3.63, 3.8) is 0 Å². The maximum atomic E-state index is 10.3. The van der Waals surface area contributed by atoms with Gasteiger partial charge in [-0.3, -0.25) is 5.41 Å². The molecule has 1 aliphatic heterocycles. The molecule has 8 heteroatoms. The summed E-state index contributed by atoms with van der Waals surface area (Å²) in [4.78, 5) is 13.9. The van der Waals surface area contributed by atoms with Crippen LogP contribution in [0.1, 0.15) is 21.5 Å². The van der Waals surface area contributed by atoms with Crippen molar-refractivity contribution in [2.75, 3.05) is 0 Å². The van der Waals surface area contributed by atoms with E-state index in [2.05, 4.69) is 4.99 Å². The van der Waals surface area contributed by atoms with E-state index in [1.807, 2.05) is 0 Å². The average Bonchev–Trinajstić information content (AvgIpc) is 2.80. The van der Waals surface area contributed by atoms with E-state index in [4.69, 9.17) is 27.9 Å². The van der Waals surface area contributed by atoms with Crippen molar-refractivity contribution in [3.8, 4) is 11.5 Å². The molecule has 0 unspecified atom stereocenters.